The number of hydrogen-bond acceptors (Lipinski definition) is 4. The summed E-state index contributed by atoms with van der Waals surface area (Å²) in [5.41, 5.74) is 0. The Morgan fingerprint density at radius 1 is 1.00 bits per heavy atom. The van der Waals surface area contributed by atoms with E-state index in [9.17, 15) is 5.11 Å². The molecule has 102 valence electrons. The van der Waals surface area contributed by atoms with E-state index in [1.54, 1.807) is 0 Å². The summed E-state index contributed by atoms with van der Waals surface area (Å²) in [6.45, 7) is 0. The van der Waals surface area contributed by atoms with Gasteiger partial charge in [-0.05, 0) is 48.6 Å². The molecule has 2 nitrogen and oxygen atoms in total. The molecule has 1 aliphatic carbocycles. The Morgan fingerprint density at radius 2 is 1.58 bits per heavy atom. The molecular formula is C15H19NOS2. The lowest BCUT2D eigenvalue weighted by atomic mass is 9.92. The predicted molar refractivity (Wildman–Crippen MR) is 81.9 cm³/mol. The van der Waals surface area contributed by atoms with E-state index in [0.717, 1.165) is 25.7 Å². The van der Waals surface area contributed by atoms with Crippen molar-refractivity contribution in [2.24, 2.45) is 0 Å². The van der Waals surface area contributed by atoms with Gasteiger partial charge in [-0.15, -0.1) is 22.7 Å². The second kappa shape index (κ2) is 6.18. The minimum absolute atomic E-state index is 0.0834. The minimum Gasteiger partial charge on any atom is -0.393 e. The van der Waals surface area contributed by atoms with E-state index in [0.29, 0.717) is 12.1 Å². The van der Waals surface area contributed by atoms with E-state index in [-0.39, 0.29) is 6.10 Å². The first kappa shape index (κ1) is 13.3. The van der Waals surface area contributed by atoms with Crippen molar-refractivity contribution >= 4 is 22.7 Å². The molecule has 1 saturated carbocycles. The Hall–Kier alpha value is -0.680. The number of aliphatic hydroxyl groups is 1. The molecule has 0 saturated heterocycles. The van der Waals surface area contributed by atoms with Crippen molar-refractivity contribution in [3.05, 3.63) is 44.8 Å². The van der Waals surface area contributed by atoms with Crippen molar-refractivity contribution in [3.63, 3.8) is 0 Å². The molecule has 0 radical (unpaired) electrons. The zero-order chi connectivity index (χ0) is 13.1. The molecule has 2 aromatic rings. The third kappa shape index (κ3) is 3.26. The standard InChI is InChI=1S/C15H19NOS2/c17-12-7-5-11(6-8-12)16-15(13-3-1-9-18-13)14-4-2-10-19-14/h1-4,9-12,15-17H,5-8H2. The number of aliphatic hydroxyl groups excluding tert-OH is 1. The van der Waals surface area contributed by atoms with E-state index >= 15 is 0 Å². The van der Waals surface area contributed by atoms with Gasteiger partial charge in [0.25, 0.3) is 0 Å². The summed E-state index contributed by atoms with van der Waals surface area (Å²) < 4.78 is 0. The Bertz CT molecular complexity index is 438. The lowest BCUT2D eigenvalue weighted by Crippen LogP contribution is -2.37. The van der Waals surface area contributed by atoms with Crippen LogP contribution in [0.25, 0.3) is 0 Å². The maximum Gasteiger partial charge on any atom is 0.0766 e. The van der Waals surface area contributed by atoms with E-state index in [2.05, 4.69) is 40.3 Å². The van der Waals surface area contributed by atoms with Crippen molar-refractivity contribution in [1.29, 1.82) is 0 Å². The van der Waals surface area contributed by atoms with Gasteiger partial charge >= 0.3 is 0 Å². The van der Waals surface area contributed by atoms with Gasteiger partial charge in [0, 0.05) is 15.8 Å². The fourth-order valence-corrected chi connectivity index (χ4v) is 4.37. The number of rotatable bonds is 4. The Labute approximate surface area is 122 Å². The van der Waals surface area contributed by atoms with Gasteiger partial charge in [-0.1, -0.05) is 12.1 Å². The Morgan fingerprint density at radius 3 is 2.05 bits per heavy atom. The molecule has 0 aromatic carbocycles. The van der Waals surface area contributed by atoms with Gasteiger partial charge in [-0.2, -0.15) is 0 Å². The van der Waals surface area contributed by atoms with Crippen molar-refractivity contribution < 1.29 is 5.11 Å². The van der Waals surface area contributed by atoms with E-state index in [1.807, 2.05) is 22.7 Å². The highest BCUT2D eigenvalue weighted by Crippen LogP contribution is 2.31. The van der Waals surface area contributed by atoms with Crippen LogP contribution in [-0.4, -0.2) is 17.3 Å². The summed E-state index contributed by atoms with van der Waals surface area (Å²) in [6, 6.07) is 9.50. The zero-order valence-electron chi connectivity index (χ0n) is 10.8. The normalized spacial score (nSPS) is 23.9. The van der Waals surface area contributed by atoms with Gasteiger partial charge in [0.05, 0.1) is 12.1 Å². The molecule has 0 spiro atoms. The molecule has 0 bridgehead atoms. The molecule has 2 heterocycles. The lowest BCUT2D eigenvalue weighted by molar-refractivity contribution is 0.115. The minimum atomic E-state index is -0.0834. The quantitative estimate of drug-likeness (QED) is 0.899. The fourth-order valence-electron chi connectivity index (χ4n) is 2.69. The summed E-state index contributed by atoms with van der Waals surface area (Å²) in [7, 11) is 0. The van der Waals surface area contributed by atoms with Crippen molar-refractivity contribution in [1.82, 2.24) is 5.32 Å². The summed E-state index contributed by atoms with van der Waals surface area (Å²) in [5.74, 6) is 0. The highest BCUT2D eigenvalue weighted by Gasteiger charge is 2.24. The number of nitrogens with one attached hydrogen (secondary N) is 1. The Kier molecular flexibility index (Phi) is 4.33. The Balaban J connectivity index is 1.73. The average Bonchev–Trinajstić information content (AvgIpc) is 3.11. The molecule has 19 heavy (non-hydrogen) atoms. The van der Waals surface area contributed by atoms with Crippen LogP contribution in [0.1, 0.15) is 41.5 Å². The molecule has 0 atom stereocenters. The van der Waals surface area contributed by atoms with E-state index < -0.39 is 0 Å². The number of hydrogen-bond donors (Lipinski definition) is 2. The second-order valence-electron chi connectivity index (χ2n) is 5.14. The molecule has 4 heteroatoms. The number of thiophene rings is 2. The third-order valence-corrected chi connectivity index (χ3v) is 5.63. The van der Waals surface area contributed by atoms with Gasteiger partial charge in [0.1, 0.15) is 0 Å². The molecule has 1 aliphatic rings. The van der Waals surface area contributed by atoms with Crippen molar-refractivity contribution in [2.45, 2.75) is 43.9 Å². The van der Waals surface area contributed by atoms with Crippen LogP contribution in [0.5, 0.6) is 0 Å². The predicted octanol–water partition coefficient (Wildman–Crippen LogP) is 3.79. The van der Waals surface area contributed by atoms with Crippen molar-refractivity contribution in [2.75, 3.05) is 0 Å². The van der Waals surface area contributed by atoms with Crippen LogP contribution in [0, 0.1) is 0 Å². The van der Waals surface area contributed by atoms with Crippen LogP contribution in [0.4, 0.5) is 0 Å². The van der Waals surface area contributed by atoms with Crippen LogP contribution >= 0.6 is 22.7 Å². The maximum atomic E-state index is 9.61. The topological polar surface area (TPSA) is 32.3 Å². The van der Waals surface area contributed by atoms with Gasteiger partial charge in [0.15, 0.2) is 0 Å². The van der Waals surface area contributed by atoms with E-state index in [1.165, 1.54) is 9.75 Å². The monoisotopic (exact) mass is 293 g/mol. The summed E-state index contributed by atoms with van der Waals surface area (Å²) >= 11 is 3.63. The van der Waals surface area contributed by atoms with E-state index in [4.69, 9.17) is 0 Å². The first-order valence-electron chi connectivity index (χ1n) is 6.84. The van der Waals surface area contributed by atoms with Crippen LogP contribution in [0.15, 0.2) is 35.0 Å². The third-order valence-electron chi connectivity index (χ3n) is 3.75. The molecule has 0 unspecified atom stereocenters. The van der Waals surface area contributed by atoms with Gasteiger partial charge in [0.2, 0.25) is 0 Å². The molecular weight excluding hydrogens is 274 g/mol. The summed E-state index contributed by atoms with van der Waals surface area (Å²) in [6.07, 6.45) is 3.93. The zero-order valence-corrected chi connectivity index (χ0v) is 12.4. The lowest BCUT2D eigenvalue weighted by Gasteiger charge is -2.29. The average molecular weight is 293 g/mol. The van der Waals surface area contributed by atoms with Gasteiger partial charge in [-0.3, -0.25) is 0 Å². The van der Waals surface area contributed by atoms with Gasteiger partial charge in [-0.25, -0.2) is 0 Å². The van der Waals surface area contributed by atoms with Crippen LogP contribution in [0.2, 0.25) is 0 Å². The molecule has 2 N–H and O–H groups in total. The van der Waals surface area contributed by atoms with Crippen LogP contribution < -0.4 is 5.32 Å². The molecule has 3 rings (SSSR count). The molecule has 1 fully saturated rings. The maximum absolute atomic E-state index is 9.61. The molecule has 0 amide bonds. The van der Waals surface area contributed by atoms with Gasteiger partial charge < -0.3 is 10.4 Å². The first-order valence-corrected chi connectivity index (χ1v) is 8.60. The SMILES string of the molecule is OC1CCC(NC(c2cccs2)c2cccs2)CC1. The first-order chi connectivity index (χ1) is 9.33. The molecule has 0 aliphatic heterocycles. The highest BCUT2D eigenvalue weighted by molar-refractivity contribution is 7.11. The fraction of sp³-hybridized carbons (Fsp3) is 0.467. The molecule has 2 aromatic heterocycles. The largest absolute Gasteiger partial charge is 0.393 e. The van der Waals surface area contributed by atoms with Crippen LogP contribution in [0.3, 0.4) is 0 Å². The second-order valence-corrected chi connectivity index (χ2v) is 7.09. The smallest absolute Gasteiger partial charge is 0.0766 e. The van der Waals surface area contributed by atoms with Crippen LogP contribution in [-0.2, 0) is 0 Å². The summed E-state index contributed by atoms with van der Waals surface area (Å²) in [5, 5.41) is 17.7. The van der Waals surface area contributed by atoms with Crippen molar-refractivity contribution in [3.8, 4) is 0 Å². The highest BCUT2D eigenvalue weighted by atomic mass is 32.1. The summed E-state index contributed by atoms with van der Waals surface area (Å²) in [4.78, 5) is 2.77.